The number of aromatic nitrogens is 3. The Morgan fingerprint density at radius 2 is 1.72 bits per heavy atom. The Morgan fingerprint density at radius 1 is 1.06 bits per heavy atom. The molecule has 32 heavy (non-hydrogen) atoms. The molecule has 0 spiro atoms. The van der Waals surface area contributed by atoms with Crippen LogP contribution in [0.1, 0.15) is 46.7 Å². The van der Waals surface area contributed by atoms with Gasteiger partial charge in [0.2, 0.25) is 10.0 Å². The van der Waals surface area contributed by atoms with Crippen LogP contribution in [0.15, 0.2) is 47.4 Å². The van der Waals surface area contributed by atoms with E-state index in [1.54, 1.807) is 38.2 Å². The molecule has 0 unspecified atom stereocenters. The first-order valence-corrected chi connectivity index (χ1v) is 11.8. The van der Waals surface area contributed by atoms with Gasteiger partial charge in [-0.05, 0) is 63.9 Å². The van der Waals surface area contributed by atoms with Crippen LogP contribution >= 0.6 is 0 Å². The molecule has 1 aromatic heterocycles. The highest BCUT2D eigenvalue weighted by molar-refractivity contribution is 7.89. The van der Waals surface area contributed by atoms with Crippen molar-refractivity contribution in [3.8, 4) is 5.69 Å². The lowest BCUT2D eigenvalue weighted by Gasteiger charge is -2.21. The quantitative estimate of drug-likeness (QED) is 0.590. The van der Waals surface area contributed by atoms with Crippen molar-refractivity contribution in [3.05, 3.63) is 70.5 Å². The predicted molar refractivity (Wildman–Crippen MR) is 123 cm³/mol. The molecule has 1 N–H and O–H groups in total. The standard InChI is InChI=1S/C23H29N5O3S/c1-15(2)27(6)32(30,31)20-10-8-19(9-11-20)14-24-23(29)22-18(5)25-28(26-22)21-12-7-16(3)13-17(21)4/h7-13,15H,14H2,1-6H3,(H,24,29). The van der Waals surface area contributed by atoms with E-state index in [1.165, 1.54) is 9.10 Å². The normalized spacial score (nSPS) is 11.9. The van der Waals surface area contributed by atoms with Crippen molar-refractivity contribution < 1.29 is 13.2 Å². The third kappa shape index (κ3) is 4.89. The zero-order valence-electron chi connectivity index (χ0n) is 19.2. The van der Waals surface area contributed by atoms with Crippen molar-refractivity contribution in [1.29, 1.82) is 0 Å². The van der Waals surface area contributed by atoms with Gasteiger partial charge in [0.1, 0.15) is 0 Å². The molecule has 3 aromatic rings. The molecule has 0 saturated heterocycles. The first kappa shape index (κ1) is 23.6. The topological polar surface area (TPSA) is 97.2 Å². The van der Waals surface area contributed by atoms with E-state index in [-0.39, 0.29) is 29.1 Å². The lowest BCUT2D eigenvalue weighted by atomic mass is 10.1. The van der Waals surface area contributed by atoms with Gasteiger partial charge in [-0.1, -0.05) is 29.8 Å². The van der Waals surface area contributed by atoms with Gasteiger partial charge in [0.25, 0.3) is 5.91 Å². The van der Waals surface area contributed by atoms with E-state index in [0.29, 0.717) is 5.69 Å². The van der Waals surface area contributed by atoms with E-state index in [4.69, 9.17) is 0 Å². The van der Waals surface area contributed by atoms with E-state index in [1.807, 2.05) is 45.9 Å². The molecule has 0 bridgehead atoms. The third-order valence-corrected chi connectivity index (χ3v) is 7.39. The average molecular weight is 456 g/mol. The number of carbonyl (C=O) groups excluding carboxylic acids is 1. The summed E-state index contributed by atoms with van der Waals surface area (Å²) >= 11 is 0. The number of nitrogens with zero attached hydrogens (tertiary/aromatic N) is 4. The Morgan fingerprint density at radius 3 is 2.31 bits per heavy atom. The average Bonchev–Trinajstić information content (AvgIpc) is 3.13. The maximum absolute atomic E-state index is 12.7. The zero-order chi connectivity index (χ0) is 23.6. The van der Waals surface area contributed by atoms with Crippen LogP contribution in [-0.4, -0.2) is 46.7 Å². The van der Waals surface area contributed by atoms with Crippen molar-refractivity contribution in [3.63, 3.8) is 0 Å². The van der Waals surface area contributed by atoms with Gasteiger partial charge < -0.3 is 5.32 Å². The van der Waals surface area contributed by atoms with Crippen molar-refractivity contribution in [2.45, 2.75) is 52.1 Å². The fraction of sp³-hybridized carbons (Fsp3) is 0.348. The molecule has 170 valence electrons. The number of aryl methyl sites for hydroxylation is 3. The maximum Gasteiger partial charge on any atom is 0.274 e. The van der Waals surface area contributed by atoms with Crippen molar-refractivity contribution in [2.75, 3.05) is 7.05 Å². The molecule has 8 nitrogen and oxygen atoms in total. The minimum Gasteiger partial charge on any atom is -0.347 e. The number of hydrogen-bond acceptors (Lipinski definition) is 5. The molecule has 0 radical (unpaired) electrons. The summed E-state index contributed by atoms with van der Waals surface area (Å²) in [5.41, 5.74) is 4.54. The summed E-state index contributed by atoms with van der Waals surface area (Å²) in [6, 6.07) is 12.3. The van der Waals surface area contributed by atoms with Gasteiger partial charge in [0.15, 0.2) is 5.69 Å². The fourth-order valence-corrected chi connectivity index (χ4v) is 4.58. The minimum absolute atomic E-state index is 0.140. The molecule has 0 aliphatic carbocycles. The lowest BCUT2D eigenvalue weighted by molar-refractivity contribution is 0.0945. The molecule has 0 aliphatic heterocycles. The SMILES string of the molecule is Cc1ccc(-n2nc(C)c(C(=O)NCc3ccc(S(=O)(=O)N(C)C(C)C)cc3)n2)c(C)c1. The first-order chi connectivity index (χ1) is 15.0. The Labute approximate surface area is 189 Å². The lowest BCUT2D eigenvalue weighted by Crippen LogP contribution is -2.33. The molecule has 0 saturated carbocycles. The number of nitrogens with one attached hydrogen (secondary N) is 1. The monoisotopic (exact) mass is 455 g/mol. The van der Waals surface area contributed by atoms with Crippen molar-refractivity contribution >= 4 is 15.9 Å². The molecule has 0 fully saturated rings. The number of carbonyl (C=O) groups is 1. The summed E-state index contributed by atoms with van der Waals surface area (Å²) in [5, 5.41) is 11.6. The second-order valence-electron chi connectivity index (χ2n) is 8.16. The van der Waals surface area contributed by atoms with Crippen LogP contribution in [0.5, 0.6) is 0 Å². The Balaban J connectivity index is 1.71. The second kappa shape index (κ2) is 9.22. The molecule has 2 aromatic carbocycles. The highest BCUT2D eigenvalue weighted by atomic mass is 32.2. The van der Waals surface area contributed by atoms with Crippen LogP contribution in [0.25, 0.3) is 5.69 Å². The Bertz CT molecular complexity index is 1230. The Hall–Kier alpha value is -3.04. The molecule has 0 atom stereocenters. The molecule has 9 heteroatoms. The third-order valence-electron chi connectivity index (χ3n) is 5.35. The summed E-state index contributed by atoms with van der Waals surface area (Å²) in [4.78, 5) is 14.4. The van der Waals surface area contributed by atoms with Crippen LogP contribution in [0.3, 0.4) is 0 Å². The molecule has 3 rings (SSSR count). The minimum atomic E-state index is -3.54. The molecule has 0 aliphatic rings. The van der Waals surface area contributed by atoms with E-state index in [2.05, 4.69) is 15.5 Å². The van der Waals surface area contributed by atoms with Gasteiger partial charge >= 0.3 is 0 Å². The van der Waals surface area contributed by atoms with Crippen LogP contribution in [0.4, 0.5) is 0 Å². The second-order valence-corrected chi connectivity index (χ2v) is 10.2. The molecular formula is C23H29N5O3S. The summed E-state index contributed by atoms with van der Waals surface area (Å²) in [7, 11) is -1.98. The van der Waals surface area contributed by atoms with Gasteiger partial charge in [-0.25, -0.2) is 8.42 Å². The van der Waals surface area contributed by atoms with Gasteiger partial charge in [-0.3, -0.25) is 4.79 Å². The number of rotatable bonds is 7. The summed E-state index contributed by atoms with van der Waals surface area (Å²) in [6.45, 7) is 9.62. The number of benzene rings is 2. The number of sulfonamides is 1. The first-order valence-electron chi connectivity index (χ1n) is 10.4. The predicted octanol–water partition coefficient (Wildman–Crippen LogP) is 3.15. The number of amides is 1. The van der Waals surface area contributed by atoms with E-state index in [0.717, 1.165) is 22.4 Å². The van der Waals surface area contributed by atoms with Crippen LogP contribution < -0.4 is 5.32 Å². The van der Waals surface area contributed by atoms with Crippen LogP contribution in [0.2, 0.25) is 0 Å². The highest BCUT2D eigenvalue weighted by Gasteiger charge is 2.23. The largest absolute Gasteiger partial charge is 0.347 e. The Kier molecular flexibility index (Phi) is 6.80. The molecule has 1 heterocycles. The smallest absolute Gasteiger partial charge is 0.274 e. The number of hydrogen-bond donors (Lipinski definition) is 1. The summed E-state index contributed by atoms with van der Waals surface area (Å²) < 4.78 is 26.5. The van der Waals surface area contributed by atoms with Crippen LogP contribution in [-0.2, 0) is 16.6 Å². The van der Waals surface area contributed by atoms with E-state index in [9.17, 15) is 13.2 Å². The van der Waals surface area contributed by atoms with Gasteiger partial charge in [0.05, 0.1) is 16.3 Å². The molecular weight excluding hydrogens is 426 g/mol. The van der Waals surface area contributed by atoms with Crippen LogP contribution in [0, 0.1) is 20.8 Å². The fourth-order valence-electron chi connectivity index (χ4n) is 3.22. The summed E-state index contributed by atoms with van der Waals surface area (Å²) in [5.74, 6) is -0.338. The molecule has 1 amide bonds. The van der Waals surface area contributed by atoms with Crippen molar-refractivity contribution in [2.24, 2.45) is 0 Å². The van der Waals surface area contributed by atoms with Gasteiger partial charge in [-0.2, -0.15) is 14.2 Å². The summed E-state index contributed by atoms with van der Waals surface area (Å²) in [6.07, 6.45) is 0. The zero-order valence-corrected chi connectivity index (χ0v) is 20.1. The van der Waals surface area contributed by atoms with Gasteiger partial charge in [0, 0.05) is 19.6 Å². The highest BCUT2D eigenvalue weighted by Crippen LogP contribution is 2.18. The maximum atomic E-state index is 12.7. The van der Waals surface area contributed by atoms with Crippen molar-refractivity contribution in [1.82, 2.24) is 24.6 Å². The van der Waals surface area contributed by atoms with E-state index >= 15 is 0 Å². The van der Waals surface area contributed by atoms with E-state index < -0.39 is 10.0 Å². The van der Waals surface area contributed by atoms with Gasteiger partial charge in [-0.15, -0.1) is 5.10 Å².